The quantitative estimate of drug-likeness (QED) is 0.770. The Kier molecular flexibility index (Phi) is 6.44. The molecule has 0 bridgehead atoms. The van der Waals surface area contributed by atoms with Gasteiger partial charge in [-0.25, -0.2) is 0 Å². The van der Waals surface area contributed by atoms with Crippen molar-refractivity contribution < 1.29 is 4.42 Å². The van der Waals surface area contributed by atoms with E-state index < -0.39 is 0 Å². The van der Waals surface area contributed by atoms with Crippen LogP contribution in [0.15, 0.2) is 16.7 Å². The lowest BCUT2D eigenvalue weighted by molar-refractivity contribution is 0.263. The van der Waals surface area contributed by atoms with E-state index in [9.17, 15) is 0 Å². The van der Waals surface area contributed by atoms with Crippen LogP contribution in [0.3, 0.4) is 0 Å². The molecule has 3 nitrogen and oxygen atoms in total. The van der Waals surface area contributed by atoms with Gasteiger partial charge in [-0.15, -0.1) is 0 Å². The summed E-state index contributed by atoms with van der Waals surface area (Å²) in [6.07, 6.45) is 1.80. The average Bonchev–Trinajstić information content (AvgIpc) is 2.63. The molecule has 104 valence electrons. The number of furan rings is 1. The van der Waals surface area contributed by atoms with Gasteiger partial charge in [0.2, 0.25) is 0 Å². The van der Waals surface area contributed by atoms with E-state index in [1.165, 1.54) is 5.56 Å². The Morgan fingerprint density at radius 3 is 2.56 bits per heavy atom. The number of hydrogen-bond donors (Lipinski definition) is 1. The van der Waals surface area contributed by atoms with Crippen molar-refractivity contribution in [1.29, 1.82) is 0 Å². The van der Waals surface area contributed by atoms with Gasteiger partial charge in [-0.3, -0.25) is 4.90 Å². The fourth-order valence-corrected chi connectivity index (χ4v) is 2.09. The fraction of sp³-hybridized carbons (Fsp3) is 0.733. The van der Waals surface area contributed by atoms with Crippen LogP contribution in [0, 0.1) is 11.8 Å². The van der Waals surface area contributed by atoms with Crippen molar-refractivity contribution in [3.63, 3.8) is 0 Å². The molecule has 0 aliphatic rings. The van der Waals surface area contributed by atoms with Crippen LogP contribution in [0.1, 0.15) is 39.0 Å². The Labute approximate surface area is 112 Å². The van der Waals surface area contributed by atoms with Crippen molar-refractivity contribution in [3.05, 3.63) is 23.7 Å². The summed E-state index contributed by atoms with van der Waals surface area (Å²) in [7, 11) is 2.15. The van der Waals surface area contributed by atoms with Gasteiger partial charge in [0.15, 0.2) is 0 Å². The van der Waals surface area contributed by atoms with Crippen LogP contribution < -0.4 is 5.32 Å². The van der Waals surface area contributed by atoms with Crippen molar-refractivity contribution in [2.45, 2.75) is 40.8 Å². The highest BCUT2D eigenvalue weighted by atomic mass is 16.3. The molecular formula is C15H28N2O. The summed E-state index contributed by atoms with van der Waals surface area (Å²) < 4.78 is 5.59. The third kappa shape index (κ3) is 5.69. The smallest absolute Gasteiger partial charge is 0.122 e. The van der Waals surface area contributed by atoms with E-state index in [1.807, 2.05) is 0 Å². The molecule has 1 aromatic rings. The third-order valence-electron chi connectivity index (χ3n) is 2.80. The normalized spacial score (nSPS) is 12.0. The lowest BCUT2D eigenvalue weighted by atomic mass is 10.2. The first-order valence-electron chi connectivity index (χ1n) is 6.93. The molecule has 18 heavy (non-hydrogen) atoms. The van der Waals surface area contributed by atoms with Gasteiger partial charge in [0, 0.05) is 18.7 Å². The molecule has 1 heterocycles. The van der Waals surface area contributed by atoms with E-state index in [4.69, 9.17) is 4.42 Å². The highest BCUT2D eigenvalue weighted by Gasteiger charge is 2.10. The maximum Gasteiger partial charge on any atom is 0.122 e. The molecule has 0 spiro atoms. The molecule has 0 aliphatic carbocycles. The second-order valence-corrected chi connectivity index (χ2v) is 5.98. The summed E-state index contributed by atoms with van der Waals surface area (Å²) in [6, 6.07) is 2.08. The minimum absolute atomic E-state index is 0.684. The van der Waals surface area contributed by atoms with Crippen LogP contribution >= 0.6 is 0 Å². The second-order valence-electron chi connectivity index (χ2n) is 5.98. The Bertz CT molecular complexity index is 331. The monoisotopic (exact) mass is 252 g/mol. The SMILES string of the molecule is CC(C)CNCc1ccoc1CN(C)CC(C)C. The van der Waals surface area contributed by atoms with Crippen LogP contribution in [0.2, 0.25) is 0 Å². The lowest BCUT2D eigenvalue weighted by Gasteiger charge is -2.18. The fourth-order valence-electron chi connectivity index (χ4n) is 2.09. The first-order valence-corrected chi connectivity index (χ1v) is 6.93. The standard InChI is InChI=1S/C15H28N2O/c1-12(2)8-16-9-14-6-7-18-15(14)11-17(5)10-13(3)4/h6-7,12-13,16H,8-11H2,1-5H3. The Morgan fingerprint density at radius 2 is 1.94 bits per heavy atom. The zero-order chi connectivity index (χ0) is 13.5. The predicted molar refractivity (Wildman–Crippen MR) is 76.4 cm³/mol. The highest BCUT2D eigenvalue weighted by molar-refractivity contribution is 5.16. The van der Waals surface area contributed by atoms with Crippen molar-refractivity contribution in [2.24, 2.45) is 11.8 Å². The van der Waals surface area contributed by atoms with E-state index in [1.54, 1.807) is 6.26 Å². The predicted octanol–water partition coefficient (Wildman–Crippen LogP) is 3.11. The molecule has 0 fully saturated rings. The molecule has 0 unspecified atom stereocenters. The maximum absolute atomic E-state index is 5.59. The molecule has 0 amide bonds. The second kappa shape index (κ2) is 7.59. The molecule has 1 aromatic heterocycles. The van der Waals surface area contributed by atoms with Gasteiger partial charge in [-0.2, -0.15) is 0 Å². The zero-order valence-electron chi connectivity index (χ0n) is 12.5. The third-order valence-corrected chi connectivity index (χ3v) is 2.80. The van der Waals surface area contributed by atoms with Gasteiger partial charge < -0.3 is 9.73 Å². The van der Waals surface area contributed by atoms with Crippen molar-refractivity contribution in [2.75, 3.05) is 20.1 Å². The van der Waals surface area contributed by atoms with E-state index >= 15 is 0 Å². The van der Waals surface area contributed by atoms with E-state index in [0.29, 0.717) is 11.8 Å². The van der Waals surface area contributed by atoms with Crippen LogP contribution in [0.4, 0.5) is 0 Å². The topological polar surface area (TPSA) is 28.4 Å². The highest BCUT2D eigenvalue weighted by Crippen LogP contribution is 2.13. The Hall–Kier alpha value is -0.800. The summed E-state index contributed by atoms with van der Waals surface area (Å²) in [4.78, 5) is 2.31. The van der Waals surface area contributed by atoms with Crippen LogP contribution in [-0.4, -0.2) is 25.0 Å². The minimum Gasteiger partial charge on any atom is -0.468 e. The number of rotatable bonds is 8. The van der Waals surface area contributed by atoms with Gasteiger partial charge in [0.1, 0.15) is 5.76 Å². The number of nitrogens with zero attached hydrogens (tertiary/aromatic N) is 1. The van der Waals surface area contributed by atoms with E-state index in [0.717, 1.165) is 31.9 Å². The van der Waals surface area contributed by atoms with Crippen molar-refractivity contribution in [1.82, 2.24) is 10.2 Å². The first kappa shape index (κ1) is 15.3. The van der Waals surface area contributed by atoms with E-state index in [-0.39, 0.29) is 0 Å². The Morgan fingerprint density at radius 1 is 1.22 bits per heavy atom. The summed E-state index contributed by atoms with van der Waals surface area (Å²) in [5, 5.41) is 3.46. The molecule has 0 saturated heterocycles. The van der Waals surface area contributed by atoms with Crippen molar-refractivity contribution in [3.8, 4) is 0 Å². The molecule has 0 saturated carbocycles. The van der Waals surface area contributed by atoms with Gasteiger partial charge in [0.25, 0.3) is 0 Å². The van der Waals surface area contributed by atoms with Gasteiger partial charge >= 0.3 is 0 Å². The Balaban J connectivity index is 2.44. The summed E-state index contributed by atoms with van der Waals surface area (Å²) >= 11 is 0. The molecule has 0 aromatic carbocycles. The largest absolute Gasteiger partial charge is 0.468 e. The molecule has 3 heteroatoms. The van der Waals surface area contributed by atoms with Crippen molar-refractivity contribution >= 4 is 0 Å². The summed E-state index contributed by atoms with van der Waals surface area (Å²) in [5.74, 6) is 2.46. The molecular weight excluding hydrogens is 224 g/mol. The van der Waals surface area contributed by atoms with Gasteiger partial charge in [-0.1, -0.05) is 27.7 Å². The molecule has 0 atom stereocenters. The molecule has 0 radical (unpaired) electrons. The van der Waals surface area contributed by atoms with Gasteiger partial charge in [-0.05, 0) is 31.5 Å². The minimum atomic E-state index is 0.684. The van der Waals surface area contributed by atoms with Crippen LogP contribution in [0.5, 0.6) is 0 Å². The van der Waals surface area contributed by atoms with Crippen LogP contribution in [0.25, 0.3) is 0 Å². The molecule has 1 N–H and O–H groups in total. The molecule has 1 rings (SSSR count). The first-order chi connectivity index (χ1) is 8.49. The van der Waals surface area contributed by atoms with Gasteiger partial charge in [0.05, 0.1) is 12.8 Å². The maximum atomic E-state index is 5.59. The van der Waals surface area contributed by atoms with Crippen LogP contribution in [-0.2, 0) is 13.1 Å². The number of nitrogens with one attached hydrogen (secondary N) is 1. The summed E-state index contributed by atoms with van der Waals surface area (Å²) in [6.45, 7) is 12.9. The zero-order valence-corrected chi connectivity index (χ0v) is 12.5. The van der Waals surface area contributed by atoms with E-state index in [2.05, 4.69) is 51.0 Å². The molecule has 0 aliphatic heterocycles. The average molecular weight is 252 g/mol. The number of hydrogen-bond acceptors (Lipinski definition) is 3. The lowest BCUT2D eigenvalue weighted by Crippen LogP contribution is -2.24. The summed E-state index contributed by atoms with van der Waals surface area (Å²) in [5.41, 5.74) is 1.28.